The van der Waals surface area contributed by atoms with E-state index < -0.39 is 6.04 Å². The standard InChI is InChI=1S/C29H33BrN2O2S/c1-2-18-31-29(34)27(20-23-9-5-3-6-10-23)32(21-24-13-15-26(30)16-14-24)28(33)17-19-35-22-25-11-7-4-8-12-25/h3-16,27H,2,17-22H2,1H3,(H,31,34)/t27-/m0/s1. The molecule has 0 aliphatic carbocycles. The van der Waals surface area contributed by atoms with Gasteiger partial charge in [0.25, 0.3) is 0 Å². The van der Waals surface area contributed by atoms with Crippen LogP contribution in [0.5, 0.6) is 0 Å². The van der Waals surface area contributed by atoms with Crippen LogP contribution < -0.4 is 5.32 Å². The van der Waals surface area contributed by atoms with Gasteiger partial charge in [0.15, 0.2) is 0 Å². The van der Waals surface area contributed by atoms with E-state index in [0.29, 0.717) is 31.7 Å². The minimum absolute atomic E-state index is 0.000981. The third kappa shape index (κ3) is 9.19. The number of nitrogens with zero attached hydrogens (tertiary/aromatic N) is 1. The molecule has 0 saturated heterocycles. The van der Waals surface area contributed by atoms with Gasteiger partial charge in [0.2, 0.25) is 11.8 Å². The number of carbonyl (C=O) groups excluding carboxylic acids is 2. The first-order chi connectivity index (χ1) is 17.1. The fraction of sp³-hybridized carbons (Fsp3) is 0.310. The van der Waals surface area contributed by atoms with Crippen LogP contribution in [-0.4, -0.2) is 35.1 Å². The molecule has 3 aromatic carbocycles. The number of carbonyl (C=O) groups is 2. The zero-order valence-electron chi connectivity index (χ0n) is 20.2. The van der Waals surface area contributed by atoms with Gasteiger partial charge in [-0.15, -0.1) is 0 Å². The van der Waals surface area contributed by atoms with E-state index in [0.717, 1.165) is 27.8 Å². The fourth-order valence-corrected chi connectivity index (χ4v) is 4.93. The first-order valence-electron chi connectivity index (χ1n) is 12.0. The lowest BCUT2D eigenvalue weighted by atomic mass is 10.0. The molecule has 2 amide bonds. The summed E-state index contributed by atoms with van der Waals surface area (Å²) in [5, 5.41) is 3.03. The van der Waals surface area contributed by atoms with Crippen molar-refractivity contribution in [2.24, 2.45) is 0 Å². The van der Waals surface area contributed by atoms with Gasteiger partial charge in [0.1, 0.15) is 6.04 Å². The summed E-state index contributed by atoms with van der Waals surface area (Å²) >= 11 is 5.22. The number of benzene rings is 3. The molecule has 0 heterocycles. The van der Waals surface area contributed by atoms with Crippen LogP contribution in [0.1, 0.15) is 36.5 Å². The van der Waals surface area contributed by atoms with E-state index in [1.54, 1.807) is 16.7 Å². The Labute approximate surface area is 221 Å². The van der Waals surface area contributed by atoms with Gasteiger partial charge in [-0.25, -0.2) is 0 Å². The van der Waals surface area contributed by atoms with Crippen LogP contribution in [0, 0.1) is 0 Å². The van der Waals surface area contributed by atoms with Crippen LogP contribution in [0.2, 0.25) is 0 Å². The third-order valence-corrected chi connectivity index (χ3v) is 7.22. The molecule has 0 bridgehead atoms. The second-order valence-corrected chi connectivity index (χ2v) is 10.5. The monoisotopic (exact) mass is 552 g/mol. The topological polar surface area (TPSA) is 49.4 Å². The molecule has 184 valence electrons. The molecule has 6 heteroatoms. The average Bonchev–Trinajstić information content (AvgIpc) is 2.89. The van der Waals surface area contributed by atoms with Gasteiger partial charge >= 0.3 is 0 Å². The van der Waals surface area contributed by atoms with Gasteiger partial charge in [0.05, 0.1) is 0 Å². The molecule has 0 fully saturated rings. The summed E-state index contributed by atoms with van der Waals surface area (Å²) < 4.78 is 0.984. The number of thioether (sulfide) groups is 1. The Balaban J connectivity index is 1.77. The molecule has 3 rings (SSSR count). The third-order valence-electron chi connectivity index (χ3n) is 5.66. The summed E-state index contributed by atoms with van der Waals surface area (Å²) in [6.45, 7) is 3.02. The molecule has 0 aliphatic heterocycles. The van der Waals surface area contributed by atoms with Gasteiger partial charge in [-0.3, -0.25) is 9.59 Å². The zero-order chi connectivity index (χ0) is 24.9. The van der Waals surface area contributed by atoms with E-state index in [4.69, 9.17) is 0 Å². The van der Waals surface area contributed by atoms with Crippen molar-refractivity contribution < 1.29 is 9.59 Å². The van der Waals surface area contributed by atoms with Crippen molar-refractivity contribution in [2.45, 2.75) is 44.5 Å². The highest BCUT2D eigenvalue weighted by atomic mass is 79.9. The quantitative estimate of drug-likeness (QED) is 0.255. The van der Waals surface area contributed by atoms with Crippen molar-refractivity contribution in [1.82, 2.24) is 10.2 Å². The number of halogens is 1. The lowest BCUT2D eigenvalue weighted by Crippen LogP contribution is -2.50. The maximum atomic E-state index is 13.6. The Morgan fingerprint density at radius 1 is 0.886 bits per heavy atom. The molecule has 0 spiro atoms. The SMILES string of the molecule is CCCNC(=O)[C@H](Cc1ccccc1)N(Cc1ccc(Br)cc1)C(=O)CCSCc1ccccc1. The molecule has 1 atom stereocenters. The van der Waals surface area contributed by atoms with Gasteiger partial charge in [-0.2, -0.15) is 11.8 Å². The predicted octanol–water partition coefficient (Wildman–Crippen LogP) is 6.24. The largest absolute Gasteiger partial charge is 0.354 e. The van der Waals surface area contributed by atoms with Crippen LogP contribution in [-0.2, 0) is 28.3 Å². The lowest BCUT2D eigenvalue weighted by Gasteiger charge is -2.31. The van der Waals surface area contributed by atoms with Crippen molar-refractivity contribution in [1.29, 1.82) is 0 Å². The highest BCUT2D eigenvalue weighted by molar-refractivity contribution is 9.10. The molecule has 3 aromatic rings. The molecule has 1 N–H and O–H groups in total. The highest BCUT2D eigenvalue weighted by Crippen LogP contribution is 2.19. The van der Waals surface area contributed by atoms with Gasteiger partial charge in [0, 0.05) is 41.9 Å². The fourth-order valence-electron chi connectivity index (χ4n) is 3.77. The molecule has 4 nitrogen and oxygen atoms in total. The molecule has 35 heavy (non-hydrogen) atoms. The molecule has 0 aliphatic rings. The van der Waals surface area contributed by atoms with Crippen molar-refractivity contribution in [3.63, 3.8) is 0 Å². The average molecular weight is 554 g/mol. The Morgan fingerprint density at radius 2 is 1.51 bits per heavy atom. The van der Waals surface area contributed by atoms with Crippen molar-refractivity contribution in [2.75, 3.05) is 12.3 Å². The summed E-state index contributed by atoms with van der Waals surface area (Å²) in [4.78, 5) is 28.6. The number of hydrogen-bond donors (Lipinski definition) is 1. The van der Waals surface area contributed by atoms with E-state index >= 15 is 0 Å². The minimum atomic E-state index is -0.570. The van der Waals surface area contributed by atoms with Crippen molar-refractivity contribution in [3.8, 4) is 0 Å². The molecular formula is C29H33BrN2O2S. The van der Waals surface area contributed by atoms with Gasteiger partial charge in [-0.1, -0.05) is 95.7 Å². The maximum absolute atomic E-state index is 13.6. The van der Waals surface area contributed by atoms with Crippen molar-refractivity contribution in [3.05, 3.63) is 106 Å². The lowest BCUT2D eigenvalue weighted by molar-refractivity contribution is -0.141. The number of amides is 2. The smallest absolute Gasteiger partial charge is 0.243 e. The summed E-state index contributed by atoms with van der Waals surface area (Å²) in [6.07, 6.45) is 1.72. The summed E-state index contributed by atoms with van der Waals surface area (Å²) in [5.74, 6) is 1.48. The molecule has 0 aromatic heterocycles. The van der Waals surface area contributed by atoms with Gasteiger partial charge < -0.3 is 10.2 Å². The van der Waals surface area contributed by atoms with E-state index in [1.807, 2.05) is 79.7 Å². The zero-order valence-corrected chi connectivity index (χ0v) is 22.6. The van der Waals surface area contributed by atoms with E-state index in [2.05, 4.69) is 33.4 Å². The summed E-state index contributed by atoms with van der Waals surface area (Å²) in [5.41, 5.74) is 3.29. The van der Waals surface area contributed by atoms with E-state index in [9.17, 15) is 9.59 Å². The van der Waals surface area contributed by atoms with Crippen molar-refractivity contribution >= 4 is 39.5 Å². The second-order valence-electron chi connectivity index (χ2n) is 8.43. The number of hydrogen-bond acceptors (Lipinski definition) is 3. The predicted molar refractivity (Wildman–Crippen MR) is 149 cm³/mol. The van der Waals surface area contributed by atoms with Crippen LogP contribution in [0.15, 0.2) is 89.4 Å². The maximum Gasteiger partial charge on any atom is 0.243 e. The number of rotatable bonds is 13. The summed E-state index contributed by atoms with van der Waals surface area (Å²) in [7, 11) is 0. The van der Waals surface area contributed by atoms with Gasteiger partial charge in [-0.05, 0) is 35.2 Å². The van der Waals surface area contributed by atoms with Crippen LogP contribution in [0.25, 0.3) is 0 Å². The Hall–Kier alpha value is -2.57. The normalized spacial score (nSPS) is 11.6. The first-order valence-corrected chi connectivity index (χ1v) is 14.0. The molecule has 0 radical (unpaired) electrons. The first kappa shape index (κ1) is 27.0. The van der Waals surface area contributed by atoms with E-state index in [1.165, 1.54) is 5.56 Å². The molecule has 0 unspecified atom stereocenters. The Bertz CT molecular complexity index is 1050. The van der Waals surface area contributed by atoms with E-state index in [-0.39, 0.29) is 11.8 Å². The van der Waals surface area contributed by atoms with Crippen LogP contribution in [0.4, 0.5) is 0 Å². The Morgan fingerprint density at radius 3 is 2.14 bits per heavy atom. The molecule has 0 saturated carbocycles. The van der Waals surface area contributed by atoms with Crippen LogP contribution in [0.3, 0.4) is 0 Å². The summed E-state index contributed by atoms with van der Waals surface area (Å²) in [6, 6.07) is 27.6. The Kier molecular flexibility index (Phi) is 11.4. The second kappa shape index (κ2) is 14.7. The van der Waals surface area contributed by atoms with Crippen LogP contribution >= 0.6 is 27.7 Å². The minimum Gasteiger partial charge on any atom is -0.354 e. The molecular weight excluding hydrogens is 520 g/mol. The number of nitrogens with one attached hydrogen (secondary N) is 1. The highest BCUT2D eigenvalue weighted by Gasteiger charge is 2.30.